The fourth-order valence-electron chi connectivity index (χ4n) is 1.35. The first kappa shape index (κ1) is 8.53. The van der Waals surface area contributed by atoms with E-state index in [0.717, 1.165) is 13.0 Å². The lowest BCUT2D eigenvalue weighted by Gasteiger charge is -2.07. The summed E-state index contributed by atoms with van der Waals surface area (Å²) in [4.78, 5) is 10.9. The molecule has 1 unspecified atom stereocenters. The summed E-state index contributed by atoms with van der Waals surface area (Å²) in [6.07, 6.45) is 2.83. The van der Waals surface area contributed by atoms with Gasteiger partial charge in [-0.05, 0) is 26.3 Å². The molecule has 1 rings (SSSR count). The first-order valence-electron chi connectivity index (χ1n) is 4.22. The highest BCUT2D eigenvalue weighted by Gasteiger charge is 2.17. The van der Waals surface area contributed by atoms with Crippen molar-refractivity contribution in [3.8, 4) is 0 Å². The van der Waals surface area contributed by atoms with Gasteiger partial charge in [0, 0.05) is 6.04 Å². The average Bonchev–Trinajstić information content (AvgIpc) is 2.40. The topological polar surface area (TPSA) is 38.3 Å². The summed E-state index contributed by atoms with van der Waals surface area (Å²) in [7, 11) is 0. The van der Waals surface area contributed by atoms with E-state index in [2.05, 4.69) is 5.32 Å². The van der Waals surface area contributed by atoms with Crippen LogP contribution in [-0.2, 0) is 9.53 Å². The number of esters is 1. The van der Waals surface area contributed by atoms with Gasteiger partial charge in [0.25, 0.3) is 0 Å². The van der Waals surface area contributed by atoms with Crippen LogP contribution in [0, 0.1) is 0 Å². The largest absolute Gasteiger partial charge is 0.466 e. The van der Waals surface area contributed by atoms with Crippen molar-refractivity contribution in [3.05, 3.63) is 0 Å². The molecule has 0 amide bonds. The Hall–Kier alpha value is -0.570. The number of hydrogen-bond acceptors (Lipinski definition) is 3. The Balaban J connectivity index is 2.13. The molecule has 3 nitrogen and oxygen atoms in total. The van der Waals surface area contributed by atoms with Crippen LogP contribution in [0.5, 0.6) is 0 Å². The van der Waals surface area contributed by atoms with Gasteiger partial charge in [-0.25, -0.2) is 0 Å². The molecule has 0 saturated carbocycles. The Kier molecular flexibility index (Phi) is 3.36. The molecule has 1 heterocycles. The summed E-state index contributed by atoms with van der Waals surface area (Å²) in [6, 6.07) is 0.369. The van der Waals surface area contributed by atoms with Gasteiger partial charge in [0.15, 0.2) is 0 Å². The lowest BCUT2D eigenvalue weighted by molar-refractivity contribution is -0.143. The summed E-state index contributed by atoms with van der Waals surface area (Å²) in [5.74, 6) is -0.0769. The Morgan fingerprint density at radius 3 is 3.09 bits per heavy atom. The van der Waals surface area contributed by atoms with Crippen LogP contribution >= 0.6 is 0 Å². The van der Waals surface area contributed by atoms with Crippen molar-refractivity contribution in [2.45, 2.75) is 32.2 Å². The van der Waals surface area contributed by atoms with Crippen molar-refractivity contribution in [3.63, 3.8) is 0 Å². The minimum absolute atomic E-state index is 0.0769. The van der Waals surface area contributed by atoms with Gasteiger partial charge < -0.3 is 10.1 Å². The highest BCUT2D eigenvalue weighted by atomic mass is 16.5. The molecule has 0 aromatic rings. The van der Waals surface area contributed by atoms with Crippen LogP contribution < -0.4 is 5.32 Å². The quantitative estimate of drug-likeness (QED) is 0.612. The van der Waals surface area contributed by atoms with Crippen LogP contribution in [0.1, 0.15) is 26.2 Å². The van der Waals surface area contributed by atoms with Gasteiger partial charge in [-0.2, -0.15) is 0 Å². The number of hydrogen-bond donors (Lipinski definition) is 1. The lowest BCUT2D eigenvalue weighted by atomic mass is 10.2. The molecule has 0 aromatic heterocycles. The minimum atomic E-state index is -0.0769. The van der Waals surface area contributed by atoms with E-state index < -0.39 is 0 Å². The van der Waals surface area contributed by atoms with Crippen molar-refractivity contribution in [1.82, 2.24) is 5.32 Å². The molecule has 3 heteroatoms. The van der Waals surface area contributed by atoms with Crippen molar-refractivity contribution in [2.75, 3.05) is 13.2 Å². The third-order valence-corrected chi connectivity index (χ3v) is 1.88. The second kappa shape index (κ2) is 4.34. The molecule has 0 aliphatic carbocycles. The van der Waals surface area contributed by atoms with Gasteiger partial charge in [0.1, 0.15) is 0 Å². The van der Waals surface area contributed by atoms with Crippen molar-refractivity contribution in [1.29, 1.82) is 0 Å². The van der Waals surface area contributed by atoms with Gasteiger partial charge in [-0.1, -0.05) is 0 Å². The molecular formula is C8H15NO2. The van der Waals surface area contributed by atoms with E-state index in [1.807, 2.05) is 6.92 Å². The molecule has 1 atom stereocenters. The monoisotopic (exact) mass is 157 g/mol. The normalized spacial score (nSPS) is 23.5. The van der Waals surface area contributed by atoms with E-state index in [1.165, 1.54) is 6.42 Å². The van der Waals surface area contributed by atoms with Gasteiger partial charge in [-0.15, -0.1) is 0 Å². The Morgan fingerprint density at radius 1 is 1.73 bits per heavy atom. The molecule has 1 fully saturated rings. The van der Waals surface area contributed by atoms with Gasteiger partial charge in [-0.3, -0.25) is 4.79 Å². The van der Waals surface area contributed by atoms with E-state index in [0.29, 0.717) is 19.1 Å². The third-order valence-electron chi connectivity index (χ3n) is 1.88. The number of rotatable bonds is 3. The standard InChI is InChI=1S/C8H15NO2/c1-2-11-8(10)6-7-4-3-5-9-7/h7,9H,2-6H2,1H3. The van der Waals surface area contributed by atoms with Gasteiger partial charge in [0.2, 0.25) is 0 Å². The molecule has 1 aliphatic heterocycles. The van der Waals surface area contributed by atoms with Crippen molar-refractivity contribution in [2.24, 2.45) is 0 Å². The van der Waals surface area contributed by atoms with Crippen LogP contribution in [0.4, 0.5) is 0 Å². The maximum atomic E-state index is 10.9. The molecule has 64 valence electrons. The Bertz CT molecular complexity index is 130. The molecule has 0 radical (unpaired) electrons. The van der Waals surface area contributed by atoms with E-state index in [4.69, 9.17) is 4.74 Å². The zero-order chi connectivity index (χ0) is 8.10. The third kappa shape index (κ3) is 2.89. The maximum Gasteiger partial charge on any atom is 0.307 e. The molecule has 0 bridgehead atoms. The smallest absolute Gasteiger partial charge is 0.307 e. The highest BCUT2D eigenvalue weighted by molar-refractivity contribution is 5.70. The summed E-state index contributed by atoms with van der Waals surface area (Å²) in [5.41, 5.74) is 0. The van der Waals surface area contributed by atoms with Crippen molar-refractivity contribution >= 4 is 5.97 Å². The number of nitrogens with one attached hydrogen (secondary N) is 1. The summed E-state index contributed by atoms with van der Waals surface area (Å²) in [6.45, 7) is 3.37. The predicted octanol–water partition coefficient (Wildman–Crippen LogP) is 0.692. The number of carbonyl (C=O) groups excluding carboxylic acids is 1. The molecule has 0 spiro atoms. The van der Waals surface area contributed by atoms with Crippen LogP contribution in [-0.4, -0.2) is 25.2 Å². The number of carbonyl (C=O) groups is 1. The van der Waals surface area contributed by atoms with E-state index in [9.17, 15) is 4.79 Å². The van der Waals surface area contributed by atoms with Gasteiger partial charge >= 0.3 is 5.97 Å². The van der Waals surface area contributed by atoms with Crippen molar-refractivity contribution < 1.29 is 9.53 Å². The molecular weight excluding hydrogens is 142 g/mol. The van der Waals surface area contributed by atoms with E-state index in [-0.39, 0.29) is 5.97 Å². The lowest BCUT2D eigenvalue weighted by Crippen LogP contribution is -2.25. The Labute approximate surface area is 67.1 Å². The Morgan fingerprint density at radius 2 is 2.55 bits per heavy atom. The van der Waals surface area contributed by atoms with Crippen LogP contribution in [0.15, 0.2) is 0 Å². The zero-order valence-electron chi connectivity index (χ0n) is 6.93. The fourth-order valence-corrected chi connectivity index (χ4v) is 1.35. The average molecular weight is 157 g/mol. The summed E-state index contributed by atoms with van der Waals surface area (Å²) >= 11 is 0. The first-order chi connectivity index (χ1) is 5.33. The van der Waals surface area contributed by atoms with Gasteiger partial charge in [0.05, 0.1) is 13.0 Å². The summed E-state index contributed by atoms with van der Waals surface area (Å²) < 4.78 is 4.82. The minimum Gasteiger partial charge on any atom is -0.466 e. The van der Waals surface area contributed by atoms with Crippen LogP contribution in [0.2, 0.25) is 0 Å². The molecule has 0 aromatic carbocycles. The molecule has 1 N–H and O–H groups in total. The maximum absolute atomic E-state index is 10.9. The van der Waals surface area contributed by atoms with Crippen LogP contribution in [0.3, 0.4) is 0 Å². The van der Waals surface area contributed by atoms with Crippen LogP contribution in [0.25, 0.3) is 0 Å². The SMILES string of the molecule is CCOC(=O)CC1CCCN1. The highest BCUT2D eigenvalue weighted by Crippen LogP contribution is 2.08. The zero-order valence-corrected chi connectivity index (χ0v) is 6.93. The molecule has 1 saturated heterocycles. The summed E-state index contributed by atoms with van der Waals surface area (Å²) in [5, 5.41) is 3.25. The fraction of sp³-hybridized carbons (Fsp3) is 0.875. The predicted molar refractivity (Wildman–Crippen MR) is 42.3 cm³/mol. The molecule has 11 heavy (non-hydrogen) atoms. The second-order valence-electron chi connectivity index (χ2n) is 2.80. The second-order valence-corrected chi connectivity index (χ2v) is 2.80. The van der Waals surface area contributed by atoms with E-state index >= 15 is 0 Å². The number of ether oxygens (including phenoxy) is 1. The first-order valence-corrected chi connectivity index (χ1v) is 4.22. The van der Waals surface area contributed by atoms with E-state index in [1.54, 1.807) is 0 Å². The molecule has 1 aliphatic rings.